The van der Waals surface area contributed by atoms with Gasteiger partial charge in [-0.2, -0.15) is 0 Å². The number of hydrogen-bond acceptors (Lipinski definition) is 4. The molecule has 0 bridgehead atoms. The molecule has 4 heteroatoms. The smallest absolute Gasteiger partial charge is 0.135 e. The average molecular weight is 246 g/mol. The zero-order valence-corrected chi connectivity index (χ0v) is 9.73. The van der Waals surface area contributed by atoms with Crippen LogP contribution in [0.25, 0.3) is 11.1 Å². The summed E-state index contributed by atoms with van der Waals surface area (Å²) in [5.41, 5.74) is 0.569. The van der Waals surface area contributed by atoms with Crippen molar-refractivity contribution in [1.82, 2.24) is 0 Å². The maximum Gasteiger partial charge on any atom is 0.135 e. The van der Waals surface area contributed by atoms with Gasteiger partial charge in [0.25, 0.3) is 0 Å². The summed E-state index contributed by atoms with van der Waals surface area (Å²) in [6.07, 6.45) is 0. The van der Waals surface area contributed by atoms with Crippen LogP contribution in [0.2, 0.25) is 0 Å². The van der Waals surface area contributed by atoms with Crippen molar-refractivity contribution in [2.75, 3.05) is 0 Å². The van der Waals surface area contributed by atoms with E-state index in [9.17, 15) is 9.59 Å². The summed E-state index contributed by atoms with van der Waals surface area (Å²) in [7, 11) is 0. The summed E-state index contributed by atoms with van der Waals surface area (Å²) in [6.45, 7) is 0. The Kier molecular flexibility index (Phi) is 3.30. The molecule has 0 unspecified atom stereocenters. The summed E-state index contributed by atoms with van der Waals surface area (Å²) in [6, 6.07) is 7.23. The Morgan fingerprint density at radius 1 is 0.875 bits per heavy atom. The Labute approximate surface area is 100 Å². The lowest BCUT2D eigenvalue weighted by Crippen LogP contribution is -1.87. The van der Waals surface area contributed by atoms with E-state index in [2.05, 4.69) is 0 Å². The molecule has 78 valence electrons. The highest BCUT2D eigenvalue weighted by atomic mass is 32.1. The average Bonchev–Trinajstić information content (AvgIpc) is 2.97. The summed E-state index contributed by atoms with van der Waals surface area (Å²) >= 11 is 2.80. The molecule has 0 N–H and O–H groups in total. The van der Waals surface area contributed by atoms with E-state index in [4.69, 9.17) is 0 Å². The molecule has 0 aliphatic heterocycles. The molecule has 0 amide bonds. The standard InChI is InChI=1S/C12H6O2S2/c13-7-9(11-3-1-5-15-11)10(8-14)12-4-2-6-16-12/h1-6H. The van der Waals surface area contributed by atoms with Gasteiger partial charge in [-0.25, -0.2) is 9.59 Å². The van der Waals surface area contributed by atoms with Gasteiger partial charge in [0.05, 0.1) is 11.1 Å². The maximum atomic E-state index is 10.9. The molecule has 2 heterocycles. The van der Waals surface area contributed by atoms with E-state index >= 15 is 0 Å². The Hall–Kier alpha value is -1.70. The molecule has 2 rings (SSSR count). The second-order valence-corrected chi connectivity index (χ2v) is 4.80. The van der Waals surface area contributed by atoms with Crippen molar-refractivity contribution < 1.29 is 9.59 Å². The molecule has 0 aliphatic carbocycles. The lowest BCUT2D eigenvalue weighted by molar-refractivity contribution is 0.568. The zero-order chi connectivity index (χ0) is 11.4. The molecule has 0 radical (unpaired) electrons. The van der Waals surface area contributed by atoms with Gasteiger partial charge in [-0.1, -0.05) is 12.1 Å². The third-order valence-corrected chi connectivity index (χ3v) is 3.76. The molecule has 0 saturated carbocycles. The first-order valence-corrected chi connectivity index (χ1v) is 6.21. The Morgan fingerprint density at radius 2 is 1.31 bits per heavy atom. The van der Waals surface area contributed by atoms with E-state index in [-0.39, 0.29) is 11.1 Å². The lowest BCUT2D eigenvalue weighted by Gasteiger charge is -1.99. The lowest BCUT2D eigenvalue weighted by atomic mass is 10.1. The minimum absolute atomic E-state index is 0.285. The molecule has 0 aliphatic rings. The fourth-order valence-corrected chi connectivity index (χ4v) is 2.74. The molecular formula is C12H6O2S2. The first kappa shape index (κ1) is 10.8. The van der Waals surface area contributed by atoms with E-state index in [1.165, 1.54) is 22.7 Å². The van der Waals surface area contributed by atoms with Crippen molar-refractivity contribution in [2.45, 2.75) is 0 Å². The highest BCUT2D eigenvalue weighted by molar-refractivity contribution is 7.13. The number of allylic oxidation sites excluding steroid dienone is 2. The monoisotopic (exact) mass is 246 g/mol. The van der Waals surface area contributed by atoms with Gasteiger partial charge in [0, 0.05) is 9.75 Å². The van der Waals surface area contributed by atoms with E-state index < -0.39 is 0 Å². The topological polar surface area (TPSA) is 34.1 Å². The van der Waals surface area contributed by atoms with Crippen LogP contribution in [0.5, 0.6) is 0 Å². The van der Waals surface area contributed by atoms with E-state index in [0.29, 0.717) is 0 Å². The van der Waals surface area contributed by atoms with Crippen LogP contribution >= 0.6 is 22.7 Å². The quantitative estimate of drug-likeness (QED) is 0.616. The fraction of sp³-hybridized carbons (Fsp3) is 0. The maximum absolute atomic E-state index is 10.9. The SMILES string of the molecule is O=C=C(C(=C=O)c1cccs1)c1cccs1. The summed E-state index contributed by atoms with van der Waals surface area (Å²) in [5.74, 6) is 3.66. The molecule has 2 aromatic heterocycles. The van der Waals surface area contributed by atoms with E-state index in [1.807, 2.05) is 34.8 Å². The Bertz CT molecular complexity index is 512. The Balaban J connectivity index is 2.51. The van der Waals surface area contributed by atoms with Crippen LogP contribution in [0.4, 0.5) is 0 Å². The van der Waals surface area contributed by atoms with Gasteiger partial charge in [0.2, 0.25) is 0 Å². The normalized spacial score (nSPS) is 9.25. The molecule has 0 saturated heterocycles. The minimum Gasteiger partial charge on any atom is -0.233 e. The highest BCUT2D eigenvalue weighted by Crippen LogP contribution is 2.31. The van der Waals surface area contributed by atoms with Crippen molar-refractivity contribution >= 4 is 45.7 Å². The van der Waals surface area contributed by atoms with Crippen molar-refractivity contribution in [1.29, 1.82) is 0 Å². The fourth-order valence-electron chi connectivity index (χ4n) is 1.29. The molecular weight excluding hydrogens is 240 g/mol. The van der Waals surface area contributed by atoms with Crippen LogP contribution in [0.1, 0.15) is 9.75 Å². The molecule has 16 heavy (non-hydrogen) atoms. The molecule has 2 nitrogen and oxygen atoms in total. The number of hydrogen-bond donors (Lipinski definition) is 0. The molecule has 0 fully saturated rings. The summed E-state index contributed by atoms with van der Waals surface area (Å²) in [5, 5.41) is 3.70. The number of rotatable bonds is 3. The molecule has 0 aromatic carbocycles. The van der Waals surface area contributed by atoms with E-state index in [0.717, 1.165) is 9.75 Å². The molecule has 0 atom stereocenters. The second-order valence-electron chi connectivity index (χ2n) is 2.91. The zero-order valence-electron chi connectivity index (χ0n) is 8.10. The first-order valence-electron chi connectivity index (χ1n) is 4.45. The van der Waals surface area contributed by atoms with Gasteiger partial charge in [-0.15, -0.1) is 22.7 Å². The van der Waals surface area contributed by atoms with Crippen LogP contribution < -0.4 is 0 Å². The van der Waals surface area contributed by atoms with Gasteiger partial charge in [-0.3, -0.25) is 0 Å². The second kappa shape index (κ2) is 4.88. The summed E-state index contributed by atoms with van der Waals surface area (Å²) < 4.78 is 0. The van der Waals surface area contributed by atoms with Crippen molar-refractivity contribution in [3.63, 3.8) is 0 Å². The van der Waals surface area contributed by atoms with Gasteiger partial charge in [0.15, 0.2) is 0 Å². The predicted molar refractivity (Wildman–Crippen MR) is 66.8 cm³/mol. The predicted octanol–water partition coefficient (Wildman–Crippen LogP) is 2.94. The molecule has 2 aromatic rings. The first-order chi connectivity index (χ1) is 7.86. The van der Waals surface area contributed by atoms with Crippen LogP contribution in [0.15, 0.2) is 35.0 Å². The van der Waals surface area contributed by atoms with E-state index in [1.54, 1.807) is 12.1 Å². The van der Waals surface area contributed by atoms with Crippen LogP contribution in [0, 0.1) is 0 Å². The van der Waals surface area contributed by atoms with Gasteiger partial charge < -0.3 is 0 Å². The van der Waals surface area contributed by atoms with Gasteiger partial charge >= 0.3 is 0 Å². The molecule has 0 spiro atoms. The van der Waals surface area contributed by atoms with Crippen LogP contribution in [-0.4, -0.2) is 11.9 Å². The minimum atomic E-state index is 0.285. The third-order valence-electron chi connectivity index (χ3n) is 1.99. The largest absolute Gasteiger partial charge is 0.233 e. The van der Waals surface area contributed by atoms with Crippen molar-refractivity contribution in [3.8, 4) is 0 Å². The number of carbonyl (C=O) groups excluding carboxylic acids is 2. The van der Waals surface area contributed by atoms with Crippen LogP contribution in [-0.2, 0) is 9.59 Å². The summed E-state index contributed by atoms with van der Waals surface area (Å²) in [4.78, 5) is 23.4. The van der Waals surface area contributed by atoms with Gasteiger partial charge in [0.1, 0.15) is 11.9 Å². The number of thiophene rings is 2. The van der Waals surface area contributed by atoms with Gasteiger partial charge in [-0.05, 0) is 22.9 Å². The van der Waals surface area contributed by atoms with Crippen molar-refractivity contribution in [3.05, 3.63) is 44.8 Å². The highest BCUT2D eigenvalue weighted by Gasteiger charge is 2.14. The van der Waals surface area contributed by atoms with Crippen LogP contribution in [0.3, 0.4) is 0 Å². The third kappa shape index (κ3) is 1.96. The van der Waals surface area contributed by atoms with Crippen molar-refractivity contribution in [2.24, 2.45) is 0 Å². The Morgan fingerprint density at radius 3 is 1.56 bits per heavy atom.